The lowest BCUT2D eigenvalue weighted by Gasteiger charge is -2.12. The summed E-state index contributed by atoms with van der Waals surface area (Å²) < 4.78 is 1.50. The highest BCUT2D eigenvalue weighted by Crippen LogP contribution is 2.25. The van der Waals surface area contributed by atoms with Gasteiger partial charge in [-0.15, -0.1) is 0 Å². The molecule has 0 fully saturated rings. The summed E-state index contributed by atoms with van der Waals surface area (Å²) in [7, 11) is 0. The number of benzene rings is 1. The second-order valence-corrected chi connectivity index (χ2v) is 6.58. The maximum atomic E-state index is 12.6. The van der Waals surface area contributed by atoms with Gasteiger partial charge in [0.05, 0.1) is 11.8 Å². The maximum Gasteiger partial charge on any atom is 0.258 e. The number of nitrogens with zero attached hydrogens (tertiary/aromatic N) is 2. The van der Waals surface area contributed by atoms with Crippen molar-refractivity contribution in [1.82, 2.24) is 14.4 Å². The molecule has 5 nitrogen and oxygen atoms in total. The first kappa shape index (κ1) is 15.6. The van der Waals surface area contributed by atoms with Gasteiger partial charge in [0, 0.05) is 40.0 Å². The lowest BCUT2D eigenvalue weighted by molar-refractivity contribution is 0.200. The fourth-order valence-corrected chi connectivity index (χ4v) is 3.26. The van der Waals surface area contributed by atoms with Crippen molar-refractivity contribution < 1.29 is 5.11 Å². The van der Waals surface area contributed by atoms with Gasteiger partial charge in [0.15, 0.2) is 0 Å². The van der Waals surface area contributed by atoms with Crippen LogP contribution in [0.5, 0.6) is 0 Å². The van der Waals surface area contributed by atoms with E-state index in [0.717, 1.165) is 27.7 Å². The fourth-order valence-electron chi connectivity index (χ4n) is 3.26. The SMILES string of the molecule is Cc1cc(C(C)O)c2nc(-c3ccc4[nH]c(C)cc4c3)cc(=O)n2c1. The smallest absolute Gasteiger partial charge is 0.258 e. The number of aryl methyl sites for hydroxylation is 2. The van der Waals surface area contributed by atoms with Gasteiger partial charge < -0.3 is 10.1 Å². The molecule has 3 heterocycles. The van der Waals surface area contributed by atoms with Gasteiger partial charge in [0.25, 0.3) is 5.56 Å². The van der Waals surface area contributed by atoms with E-state index in [-0.39, 0.29) is 5.56 Å². The van der Waals surface area contributed by atoms with Crippen molar-refractivity contribution in [2.24, 2.45) is 0 Å². The minimum Gasteiger partial charge on any atom is -0.389 e. The van der Waals surface area contributed by atoms with Gasteiger partial charge in [-0.1, -0.05) is 6.07 Å². The van der Waals surface area contributed by atoms with Crippen LogP contribution >= 0.6 is 0 Å². The molecule has 0 amide bonds. The van der Waals surface area contributed by atoms with Crippen molar-refractivity contribution in [2.75, 3.05) is 0 Å². The predicted molar refractivity (Wildman–Crippen MR) is 98.9 cm³/mol. The normalized spacial score (nSPS) is 12.8. The van der Waals surface area contributed by atoms with E-state index < -0.39 is 6.10 Å². The van der Waals surface area contributed by atoms with E-state index in [1.54, 1.807) is 19.2 Å². The van der Waals surface area contributed by atoms with Crippen molar-refractivity contribution in [2.45, 2.75) is 26.9 Å². The third-order valence-electron chi connectivity index (χ3n) is 4.43. The van der Waals surface area contributed by atoms with Crippen LogP contribution in [0, 0.1) is 13.8 Å². The summed E-state index contributed by atoms with van der Waals surface area (Å²) in [5, 5.41) is 11.2. The Balaban J connectivity index is 1.99. The van der Waals surface area contributed by atoms with Gasteiger partial charge in [-0.2, -0.15) is 0 Å². The van der Waals surface area contributed by atoms with Crippen LogP contribution in [0.2, 0.25) is 0 Å². The van der Waals surface area contributed by atoms with Crippen LogP contribution in [0.3, 0.4) is 0 Å². The Kier molecular flexibility index (Phi) is 3.47. The van der Waals surface area contributed by atoms with Crippen LogP contribution in [0.1, 0.15) is 29.8 Å². The number of fused-ring (bicyclic) bond motifs is 2. The topological polar surface area (TPSA) is 70.4 Å². The molecule has 0 aliphatic rings. The molecule has 4 rings (SSSR count). The van der Waals surface area contributed by atoms with E-state index in [9.17, 15) is 9.90 Å². The van der Waals surface area contributed by atoms with Crippen molar-refractivity contribution in [3.8, 4) is 11.3 Å². The Hall–Kier alpha value is -2.92. The van der Waals surface area contributed by atoms with E-state index in [1.165, 1.54) is 4.40 Å². The number of aromatic amines is 1. The van der Waals surface area contributed by atoms with Gasteiger partial charge in [-0.3, -0.25) is 9.20 Å². The van der Waals surface area contributed by atoms with E-state index in [1.807, 2.05) is 38.1 Å². The first-order chi connectivity index (χ1) is 11.9. The first-order valence-electron chi connectivity index (χ1n) is 8.24. The Morgan fingerprint density at radius 1 is 1.16 bits per heavy atom. The molecule has 3 aromatic heterocycles. The number of aromatic nitrogens is 3. The largest absolute Gasteiger partial charge is 0.389 e. The van der Waals surface area contributed by atoms with Gasteiger partial charge in [-0.25, -0.2) is 4.98 Å². The standard InChI is InChI=1S/C20H19N3O2/c1-11-6-16(13(3)24)20-22-18(9-19(25)23(20)10-11)14-4-5-17-15(8-14)7-12(2)21-17/h4-10,13,21,24H,1-3H3. The first-order valence-corrected chi connectivity index (χ1v) is 8.24. The maximum absolute atomic E-state index is 12.6. The Bertz CT molecular complexity index is 1170. The van der Waals surface area contributed by atoms with Crippen molar-refractivity contribution in [1.29, 1.82) is 0 Å². The predicted octanol–water partition coefficient (Wildman–Crippen LogP) is 3.51. The zero-order valence-corrected chi connectivity index (χ0v) is 14.4. The van der Waals surface area contributed by atoms with Gasteiger partial charge in [-0.05, 0) is 50.6 Å². The molecule has 0 aliphatic heterocycles. The Labute approximate surface area is 144 Å². The van der Waals surface area contributed by atoms with E-state index in [2.05, 4.69) is 16.0 Å². The molecular formula is C20H19N3O2. The molecule has 2 N–H and O–H groups in total. The average Bonchev–Trinajstić information content (AvgIpc) is 2.93. The highest BCUT2D eigenvalue weighted by Gasteiger charge is 2.13. The summed E-state index contributed by atoms with van der Waals surface area (Å²) in [6.07, 6.45) is 1.05. The quantitative estimate of drug-likeness (QED) is 0.590. The number of aliphatic hydroxyl groups excluding tert-OH is 1. The number of nitrogens with one attached hydrogen (secondary N) is 1. The van der Waals surface area contributed by atoms with Crippen LogP contribution in [0.25, 0.3) is 27.8 Å². The van der Waals surface area contributed by atoms with Crippen molar-refractivity contribution in [3.05, 3.63) is 69.8 Å². The molecule has 25 heavy (non-hydrogen) atoms. The van der Waals surface area contributed by atoms with Gasteiger partial charge in [0.1, 0.15) is 5.65 Å². The molecule has 0 saturated heterocycles. The summed E-state index contributed by atoms with van der Waals surface area (Å²) in [6, 6.07) is 11.4. The number of hydrogen-bond donors (Lipinski definition) is 2. The number of H-pyrrole nitrogens is 1. The van der Waals surface area contributed by atoms with E-state index in [4.69, 9.17) is 0 Å². The molecule has 5 heteroatoms. The number of aliphatic hydroxyl groups is 1. The zero-order chi connectivity index (χ0) is 17.7. The van der Waals surface area contributed by atoms with Crippen LogP contribution < -0.4 is 5.56 Å². The molecule has 1 atom stereocenters. The highest BCUT2D eigenvalue weighted by molar-refractivity contribution is 5.85. The van der Waals surface area contributed by atoms with Crippen molar-refractivity contribution in [3.63, 3.8) is 0 Å². The summed E-state index contributed by atoms with van der Waals surface area (Å²) in [4.78, 5) is 20.6. The number of rotatable bonds is 2. The molecule has 1 unspecified atom stereocenters. The monoisotopic (exact) mass is 333 g/mol. The molecule has 0 saturated carbocycles. The molecule has 0 spiro atoms. The van der Waals surface area contributed by atoms with E-state index in [0.29, 0.717) is 16.9 Å². The van der Waals surface area contributed by atoms with Crippen molar-refractivity contribution >= 4 is 16.6 Å². The van der Waals surface area contributed by atoms with Crippen LogP contribution in [-0.2, 0) is 0 Å². The molecule has 0 bridgehead atoms. The second kappa shape index (κ2) is 5.57. The summed E-state index contributed by atoms with van der Waals surface area (Å²) in [5.74, 6) is 0. The fraction of sp³-hybridized carbons (Fsp3) is 0.200. The molecule has 4 aromatic rings. The molecular weight excluding hydrogens is 314 g/mol. The lowest BCUT2D eigenvalue weighted by atomic mass is 10.1. The summed E-state index contributed by atoms with van der Waals surface area (Å²) >= 11 is 0. The van der Waals surface area contributed by atoms with Crippen LogP contribution in [-0.4, -0.2) is 19.5 Å². The minimum absolute atomic E-state index is 0.157. The van der Waals surface area contributed by atoms with Crippen LogP contribution in [0.4, 0.5) is 0 Å². The molecule has 0 radical (unpaired) electrons. The second-order valence-electron chi connectivity index (χ2n) is 6.58. The third-order valence-corrected chi connectivity index (χ3v) is 4.43. The number of hydrogen-bond acceptors (Lipinski definition) is 3. The average molecular weight is 333 g/mol. The minimum atomic E-state index is -0.702. The molecule has 0 aliphatic carbocycles. The van der Waals surface area contributed by atoms with Gasteiger partial charge >= 0.3 is 0 Å². The lowest BCUT2D eigenvalue weighted by Crippen LogP contribution is -2.16. The Morgan fingerprint density at radius 3 is 2.72 bits per heavy atom. The summed E-state index contributed by atoms with van der Waals surface area (Å²) in [6.45, 7) is 5.59. The van der Waals surface area contributed by atoms with Crippen LogP contribution in [0.15, 0.2) is 47.4 Å². The number of pyridine rings is 1. The molecule has 126 valence electrons. The Morgan fingerprint density at radius 2 is 1.96 bits per heavy atom. The molecule has 1 aromatic carbocycles. The third kappa shape index (κ3) is 2.62. The van der Waals surface area contributed by atoms with Gasteiger partial charge in [0.2, 0.25) is 0 Å². The highest BCUT2D eigenvalue weighted by atomic mass is 16.3. The van der Waals surface area contributed by atoms with E-state index >= 15 is 0 Å². The summed E-state index contributed by atoms with van der Waals surface area (Å²) in [5.41, 5.74) is 5.52. The zero-order valence-electron chi connectivity index (χ0n) is 14.4.